The molecule has 4 N–H and O–H groups in total. The zero-order chi connectivity index (χ0) is 14.7. The summed E-state index contributed by atoms with van der Waals surface area (Å²) in [6.07, 6.45) is 2.28. The van der Waals surface area contributed by atoms with E-state index in [2.05, 4.69) is 10.6 Å². The average Bonchev–Trinajstić information content (AvgIpc) is 2.68. The highest BCUT2D eigenvalue weighted by atomic mass is 35.5. The van der Waals surface area contributed by atoms with Crippen molar-refractivity contribution in [1.29, 1.82) is 0 Å². The van der Waals surface area contributed by atoms with Gasteiger partial charge in [-0.2, -0.15) is 0 Å². The quantitative estimate of drug-likeness (QED) is 0.779. The molecule has 0 saturated heterocycles. The molecule has 2 rings (SSSR count). The van der Waals surface area contributed by atoms with Gasteiger partial charge in [-0.05, 0) is 37.5 Å². The Labute approximate surface area is 122 Å². The third-order valence-electron chi connectivity index (χ3n) is 3.16. The van der Waals surface area contributed by atoms with Crippen LogP contribution in [0.25, 0.3) is 0 Å². The van der Waals surface area contributed by atoms with Crippen LogP contribution in [0.2, 0.25) is 5.02 Å². The van der Waals surface area contributed by atoms with E-state index in [-0.39, 0.29) is 17.9 Å². The normalized spacial score (nSPS) is 14.7. The first-order valence-corrected chi connectivity index (χ1v) is 7.01. The largest absolute Gasteiger partial charge is 0.328 e. The van der Waals surface area contributed by atoms with Gasteiger partial charge in [0.1, 0.15) is 0 Å². The first kappa shape index (κ1) is 14.8. The van der Waals surface area contributed by atoms with Crippen molar-refractivity contribution in [3.8, 4) is 0 Å². The molecule has 1 aliphatic rings. The van der Waals surface area contributed by atoms with E-state index in [0.717, 1.165) is 24.1 Å². The summed E-state index contributed by atoms with van der Waals surface area (Å²) in [6.45, 7) is 1.92. The first-order valence-electron chi connectivity index (χ1n) is 6.63. The predicted octanol–water partition coefficient (Wildman–Crippen LogP) is 2.29. The summed E-state index contributed by atoms with van der Waals surface area (Å²) in [5, 5.41) is 5.92. The Morgan fingerprint density at radius 3 is 3.00 bits per heavy atom. The SMILES string of the molecule is CC(N)CCCC(=O)Nc1cc2c(cc1Cl)NC(=O)C2. The standard InChI is InChI=1S/C14H18ClN3O2/c1-8(16)3-2-4-13(19)18-12-5-9-6-14(20)17-11(9)7-10(12)15/h5,7-8H,2-4,6,16H2,1H3,(H,17,20)(H,18,19). The van der Waals surface area contributed by atoms with Gasteiger partial charge in [0.05, 0.1) is 17.1 Å². The first-order chi connectivity index (χ1) is 9.45. The summed E-state index contributed by atoms with van der Waals surface area (Å²) in [5.74, 6) is -0.152. The van der Waals surface area contributed by atoms with Gasteiger partial charge in [0.2, 0.25) is 11.8 Å². The fraction of sp³-hybridized carbons (Fsp3) is 0.429. The van der Waals surface area contributed by atoms with Crippen LogP contribution in [-0.4, -0.2) is 17.9 Å². The molecule has 0 bridgehead atoms. The number of fused-ring (bicyclic) bond motifs is 1. The Morgan fingerprint density at radius 2 is 2.30 bits per heavy atom. The van der Waals surface area contributed by atoms with E-state index < -0.39 is 0 Å². The third-order valence-corrected chi connectivity index (χ3v) is 3.47. The zero-order valence-electron chi connectivity index (χ0n) is 11.3. The van der Waals surface area contributed by atoms with Gasteiger partial charge >= 0.3 is 0 Å². The number of rotatable bonds is 5. The number of hydrogen-bond acceptors (Lipinski definition) is 3. The molecule has 0 radical (unpaired) electrons. The molecule has 1 heterocycles. The summed E-state index contributed by atoms with van der Waals surface area (Å²) >= 11 is 6.10. The molecular weight excluding hydrogens is 278 g/mol. The van der Waals surface area contributed by atoms with Crippen LogP contribution in [0, 0.1) is 0 Å². The van der Waals surface area contributed by atoms with Crippen molar-refractivity contribution in [2.45, 2.75) is 38.6 Å². The van der Waals surface area contributed by atoms with Gasteiger partial charge in [-0.25, -0.2) is 0 Å². The van der Waals surface area contributed by atoms with E-state index in [1.54, 1.807) is 12.1 Å². The number of halogens is 1. The maximum absolute atomic E-state index is 11.8. The summed E-state index contributed by atoms with van der Waals surface area (Å²) in [6, 6.07) is 3.52. The molecule has 0 aliphatic carbocycles. The van der Waals surface area contributed by atoms with E-state index in [1.807, 2.05) is 6.92 Å². The lowest BCUT2D eigenvalue weighted by molar-refractivity contribution is -0.116. The van der Waals surface area contributed by atoms with Gasteiger partial charge in [0.15, 0.2) is 0 Å². The number of hydrogen-bond donors (Lipinski definition) is 3. The number of nitrogens with two attached hydrogens (primary N) is 1. The summed E-state index contributed by atoms with van der Waals surface area (Å²) in [7, 11) is 0. The third kappa shape index (κ3) is 3.71. The summed E-state index contributed by atoms with van der Waals surface area (Å²) in [5.41, 5.74) is 7.76. The monoisotopic (exact) mass is 295 g/mol. The Morgan fingerprint density at radius 1 is 1.55 bits per heavy atom. The van der Waals surface area contributed by atoms with Crippen molar-refractivity contribution >= 4 is 34.8 Å². The van der Waals surface area contributed by atoms with Gasteiger partial charge in [-0.3, -0.25) is 9.59 Å². The molecule has 1 atom stereocenters. The second-order valence-electron chi connectivity index (χ2n) is 5.13. The molecule has 0 saturated carbocycles. The van der Waals surface area contributed by atoms with Gasteiger partial charge in [0, 0.05) is 18.2 Å². The van der Waals surface area contributed by atoms with Crippen molar-refractivity contribution in [1.82, 2.24) is 0 Å². The fourth-order valence-electron chi connectivity index (χ4n) is 2.14. The molecule has 2 amide bonds. The molecule has 5 nitrogen and oxygen atoms in total. The Hall–Kier alpha value is -1.59. The molecule has 1 aliphatic heterocycles. The molecule has 0 aromatic heterocycles. The lowest BCUT2D eigenvalue weighted by Crippen LogP contribution is -2.17. The smallest absolute Gasteiger partial charge is 0.228 e. The zero-order valence-corrected chi connectivity index (χ0v) is 12.1. The van der Waals surface area contributed by atoms with Gasteiger partial charge in [-0.15, -0.1) is 0 Å². The summed E-state index contributed by atoms with van der Waals surface area (Å²) in [4.78, 5) is 23.1. The lowest BCUT2D eigenvalue weighted by atomic mass is 10.1. The Kier molecular flexibility index (Phi) is 4.62. The van der Waals surface area contributed by atoms with Crippen molar-refractivity contribution < 1.29 is 9.59 Å². The van der Waals surface area contributed by atoms with Crippen LogP contribution < -0.4 is 16.4 Å². The van der Waals surface area contributed by atoms with Crippen LogP contribution in [0.15, 0.2) is 12.1 Å². The maximum atomic E-state index is 11.8. The second-order valence-corrected chi connectivity index (χ2v) is 5.54. The number of anilines is 2. The van der Waals surface area contributed by atoms with E-state index in [9.17, 15) is 9.59 Å². The van der Waals surface area contributed by atoms with E-state index in [4.69, 9.17) is 17.3 Å². The van der Waals surface area contributed by atoms with E-state index in [1.165, 1.54) is 0 Å². The number of nitrogens with one attached hydrogen (secondary N) is 2. The van der Waals surface area contributed by atoms with Crippen molar-refractivity contribution in [2.75, 3.05) is 10.6 Å². The molecule has 1 unspecified atom stereocenters. The van der Waals surface area contributed by atoms with Gasteiger partial charge in [0.25, 0.3) is 0 Å². The van der Waals surface area contributed by atoms with Crippen molar-refractivity contribution in [3.63, 3.8) is 0 Å². The molecular formula is C14H18ClN3O2. The molecule has 0 fully saturated rings. The highest BCUT2D eigenvalue weighted by Gasteiger charge is 2.20. The minimum absolute atomic E-state index is 0.0588. The molecule has 1 aromatic carbocycles. The fourth-order valence-corrected chi connectivity index (χ4v) is 2.35. The van der Waals surface area contributed by atoms with Crippen molar-refractivity contribution in [3.05, 3.63) is 22.7 Å². The maximum Gasteiger partial charge on any atom is 0.228 e. The molecule has 0 spiro atoms. The topological polar surface area (TPSA) is 84.2 Å². The van der Waals surface area contributed by atoms with Gasteiger partial charge < -0.3 is 16.4 Å². The number of carbonyl (C=O) groups is 2. The van der Waals surface area contributed by atoms with Crippen LogP contribution in [0.1, 0.15) is 31.7 Å². The number of carbonyl (C=O) groups excluding carboxylic acids is 2. The van der Waals surface area contributed by atoms with Crippen LogP contribution in [0.3, 0.4) is 0 Å². The van der Waals surface area contributed by atoms with Crippen LogP contribution in [-0.2, 0) is 16.0 Å². The molecule has 6 heteroatoms. The van der Waals surface area contributed by atoms with Gasteiger partial charge in [-0.1, -0.05) is 11.6 Å². The summed E-state index contributed by atoms with van der Waals surface area (Å²) < 4.78 is 0. The number of benzene rings is 1. The Bertz CT molecular complexity index is 543. The minimum atomic E-state index is -0.0928. The van der Waals surface area contributed by atoms with Crippen LogP contribution in [0.5, 0.6) is 0 Å². The van der Waals surface area contributed by atoms with Crippen LogP contribution in [0.4, 0.5) is 11.4 Å². The lowest BCUT2D eigenvalue weighted by Gasteiger charge is -2.10. The van der Waals surface area contributed by atoms with E-state index in [0.29, 0.717) is 23.6 Å². The highest BCUT2D eigenvalue weighted by Crippen LogP contribution is 2.32. The highest BCUT2D eigenvalue weighted by molar-refractivity contribution is 6.34. The number of amides is 2. The molecule has 1 aromatic rings. The average molecular weight is 296 g/mol. The molecule has 108 valence electrons. The van der Waals surface area contributed by atoms with Crippen molar-refractivity contribution in [2.24, 2.45) is 5.73 Å². The molecule has 20 heavy (non-hydrogen) atoms. The van der Waals surface area contributed by atoms with E-state index >= 15 is 0 Å². The Balaban J connectivity index is 1.98. The second kappa shape index (κ2) is 6.24. The van der Waals surface area contributed by atoms with Crippen LogP contribution >= 0.6 is 11.6 Å². The predicted molar refractivity (Wildman–Crippen MR) is 79.9 cm³/mol. The minimum Gasteiger partial charge on any atom is -0.328 e.